The number of amides is 1. The maximum absolute atomic E-state index is 14.3. The number of aromatic nitrogens is 4. The zero-order valence-corrected chi connectivity index (χ0v) is 29.8. The third-order valence-electron chi connectivity index (χ3n) is 9.99. The van der Waals surface area contributed by atoms with Gasteiger partial charge in [-0.25, -0.2) is 4.39 Å². The number of nitrogens with zero attached hydrogens (tertiary/aromatic N) is 7. The molecule has 1 unspecified atom stereocenters. The van der Waals surface area contributed by atoms with Crippen molar-refractivity contribution >= 4 is 52.4 Å². The number of alkyl halides is 3. The molecule has 3 aromatic rings. The van der Waals surface area contributed by atoms with Gasteiger partial charge < -0.3 is 20.3 Å². The normalized spacial score (nSPS) is 23.1. The van der Waals surface area contributed by atoms with E-state index in [0.717, 1.165) is 31.0 Å². The van der Waals surface area contributed by atoms with E-state index in [1.807, 2.05) is 4.90 Å². The van der Waals surface area contributed by atoms with Crippen molar-refractivity contribution in [2.45, 2.75) is 67.9 Å². The number of carbonyl (C=O) groups excluding carboxylic acids is 1. The highest BCUT2D eigenvalue weighted by Gasteiger charge is 2.47. The lowest BCUT2D eigenvalue weighted by Crippen LogP contribution is -2.43. The number of halogens is 6. The summed E-state index contributed by atoms with van der Waals surface area (Å²) in [7, 11) is 3.27. The summed E-state index contributed by atoms with van der Waals surface area (Å²) in [6.07, 6.45) is -0.862. The van der Waals surface area contributed by atoms with Gasteiger partial charge in [0.25, 0.3) is 5.91 Å². The van der Waals surface area contributed by atoms with Crippen LogP contribution in [-0.2, 0) is 31.4 Å². The second-order valence-electron chi connectivity index (χ2n) is 13.5. The Bertz CT molecular complexity index is 1870. The zero-order chi connectivity index (χ0) is 35.5. The number of hydrogen-bond donors (Lipinski definition) is 1. The lowest BCUT2D eigenvalue weighted by atomic mass is 9.94. The molecule has 1 amide bonds. The van der Waals surface area contributed by atoms with Crippen molar-refractivity contribution in [3.63, 3.8) is 0 Å². The quantitative estimate of drug-likeness (QED) is 0.218. The number of ether oxygens (including phenoxy) is 1. The van der Waals surface area contributed by atoms with E-state index in [4.69, 9.17) is 43.6 Å². The first-order chi connectivity index (χ1) is 23.8. The van der Waals surface area contributed by atoms with Gasteiger partial charge in [0.15, 0.2) is 5.69 Å². The number of carbonyl (C=O) groups is 1. The average Bonchev–Trinajstić information content (AvgIpc) is 3.65. The van der Waals surface area contributed by atoms with Gasteiger partial charge in [-0.3, -0.25) is 14.4 Å². The standard InChI is InChI=1S/C33H36Cl2F4N8O2S/c1-44(2)30(48)28-27(35)24-15-45(6-4-8-47(24)43-28)29-21-16-50-25(20-9-19(40)10-22(34)26(20)33(37,38)39)11-23(21)41-31(42-29)49-17-32-5-3-7-46(32)14-18(12-32)13-36/h9-10,13,25H,3-8,11-12,14-17,40H2,1-2H3/b18-13-/t25?,32-/m0/s1. The van der Waals surface area contributed by atoms with Crippen molar-refractivity contribution in [3.8, 4) is 6.01 Å². The van der Waals surface area contributed by atoms with Crippen molar-refractivity contribution in [1.82, 2.24) is 29.5 Å². The van der Waals surface area contributed by atoms with E-state index in [2.05, 4.69) is 10.00 Å². The first kappa shape index (κ1) is 35.1. The van der Waals surface area contributed by atoms with Gasteiger partial charge in [-0.1, -0.05) is 23.2 Å². The van der Waals surface area contributed by atoms with Gasteiger partial charge in [0, 0.05) is 62.4 Å². The zero-order valence-electron chi connectivity index (χ0n) is 27.5. The summed E-state index contributed by atoms with van der Waals surface area (Å²) in [4.78, 5) is 28.3. The SMILES string of the molecule is CN(C)C(=O)c1nn2c(c1Cl)CN(c1nc(OC[C@@]34CCCN3C/C(=C\F)C4)nc3c1CSC(c1cc(N)cc(Cl)c1C(F)(F)F)C3)CCC2. The fourth-order valence-corrected chi connectivity index (χ4v) is 9.54. The Balaban J connectivity index is 1.27. The molecule has 0 spiro atoms. The summed E-state index contributed by atoms with van der Waals surface area (Å²) < 4.78 is 64.6. The number of nitrogen functional groups attached to an aromatic ring is 1. The van der Waals surface area contributed by atoms with Gasteiger partial charge in [0.2, 0.25) is 0 Å². The summed E-state index contributed by atoms with van der Waals surface area (Å²) in [6, 6.07) is 2.55. The Morgan fingerprint density at radius 1 is 1.18 bits per heavy atom. The van der Waals surface area contributed by atoms with Crippen LogP contribution in [0.5, 0.6) is 6.01 Å². The van der Waals surface area contributed by atoms with E-state index in [0.29, 0.717) is 67.3 Å². The minimum atomic E-state index is -4.69. The smallest absolute Gasteiger partial charge is 0.418 e. The molecule has 4 aliphatic heterocycles. The first-order valence-electron chi connectivity index (χ1n) is 16.3. The number of nitrogens with two attached hydrogens (primary N) is 1. The number of thioether (sulfide) groups is 1. The second kappa shape index (κ2) is 13.4. The van der Waals surface area contributed by atoms with Crippen LogP contribution in [0.4, 0.5) is 29.1 Å². The summed E-state index contributed by atoms with van der Waals surface area (Å²) in [5, 5.41) is 3.69. The molecule has 50 heavy (non-hydrogen) atoms. The van der Waals surface area contributed by atoms with E-state index in [1.54, 1.807) is 18.8 Å². The highest BCUT2D eigenvalue weighted by atomic mass is 35.5. The van der Waals surface area contributed by atoms with E-state index < -0.39 is 22.0 Å². The van der Waals surface area contributed by atoms with Gasteiger partial charge >= 0.3 is 12.2 Å². The minimum absolute atomic E-state index is 0.00121. The summed E-state index contributed by atoms with van der Waals surface area (Å²) in [5.41, 5.74) is 7.73. The van der Waals surface area contributed by atoms with Crippen LogP contribution in [0.25, 0.3) is 0 Å². The third kappa shape index (κ3) is 6.39. The van der Waals surface area contributed by atoms with Crippen LogP contribution >= 0.6 is 35.0 Å². The number of aryl methyl sites for hydroxylation is 1. The average molecular weight is 756 g/mol. The van der Waals surface area contributed by atoms with Crippen LogP contribution in [0.1, 0.15) is 69.5 Å². The number of benzene rings is 1. The molecule has 2 aromatic heterocycles. The minimum Gasteiger partial charge on any atom is -0.461 e. The molecule has 0 aliphatic carbocycles. The molecule has 0 saturated carbocycles. The molecule has 7 rings (SSSR count). The molecule has 1 aromatic carbocycles. The van der Waals surface area contributed by atoms with Crippen LogP contribution < -0.4 is 15.4 Å². The molecule has 2 saturated heterocycles. The van der Waals surface area contributed by atoms with Crippen LogP contribution in [0.3, 0.4) is 0 Å². The van der Waals surface area contributed by atoms with Crippen molar-refractivity contribution in [1.29, 1.82) is 0 Å². The number of fused-ring (bicyclic) bond motifs is 3. The molecule has 268 valence electrons. The Labute approximate surface area is 300 Å². The molecule has 4 aliphatic rings. The molecule has 6 heterocycles. The molecule has 2 fully saturated rings. The van der Waals surface area contributed by atoms with Crippen molar-refractivity contribution in [2.75, 3.05) is 51.0 Å². The monoisotopic (exact) mass is 754 g/mol. The van der Waals surface area contributed by atoms with Gasteiger partial charge in [-0.05, 0) is 55.5 Å². The van der Waals surface area contributed by atoms with E-state index in [1.165, 1.54) is 22.7 Å². The van der Waals surface area contributed by atoms with Gasteiger partial charge in [-0.15, -0.1) is 11.8 Å². The Morgan fingerprint density at radius 3 is 2.72 bits per heavy atom. The largest absolute Gasteiger partial charge is 0.461 e. The predicted octanol–water partition coefficient (Wildman–Crippen LogP) is 6.69. The molecular weight excluding hydrogens is 719 g/mol. The predicted molar refractivity (Wildman–Crippen MR) is 184 cm³/mol. The Morgan fingerprint density at radius 2 is 1.98 bits per heavy atom. The van der Waals surface area contributed by atoms with Crippen molar-refractivity contribution < 1.29 is 27.1 Å². The van der Waals surface area contributed by atoms with Gasteiger partial charge in [0.05, 0.1) is 45.4 Å². The highest BCUT2D eigenvalue weighted by Crippen LogP contribution is 2.49. The lowest BCUT2D eigenvalue weighted by molar-refractivity contribution is -0.138. The van der Waals surface area contributed by atoms with Crippen LogP contribution in [0.2, 0.25) is 10.0 Å². The molecule has 0 radical (unpaired) electrons. The summed E-state index contributed by atoms with van der Waals surface area (Å²) in [6.45, 7) is 2.99. The maximum Gasteiger partial charge on any atom is 0.418 e. The number of hydrogen-bond acceptors (Lipinski definition) is 9. The lowest BCUT2D eigenvalue weighted by Gasteiger charge is -2.33. The molecule has 2 atom stereocenters. The summed E-state index contributed by atoms with van der Waals surface area (Å²) in [5.74, 6) is 0.591. The molecule has 17 heteroatoms. The van der Waals surface area contributed by atoms with Crippen LogP contribution in [0.15, 0.2) is 24.0 Å². The molecule has 10 nitrogen and oxygen atoms in total. The van der Waals surface area contributed by atoms with Crippen molar-refractivity contribution in [2.24, 2.45) is 0 Å². The van der Waals surface area contributed by atoms with E-state index >= 15 is 0 Å². The van der Waals surface area contributed by atoms with Crippen molar-refractivity contribution in [3.05, 3.63) is 67.9 Å². The van der Waals surface area contributed by atoms with Gasteiger partial charge in [-0.2, -0.15) is 28.2 Å². The maximum atomic E-state index is 14.3. The first-order valence-corrected chi connectivity index (χ1v) is 18.1. The van der Waals surface area contributed by atoms with Gasteiger partial charge in [0.1, 0.15) is 12.4 Å². The number of anilines is 2. The summed E-state index contributed by atoms with van der Waals surface area (Å²) >= 11 is 14.2. The fourth-order valence-electron chi connectivity index (χ4n) is 7.62. The Kier molecular flexibility index (Phi) is 9.40. The number of rotatable bonds is 6. The highest BCUT2D eigenvalue weighted by molar-refractivity contribution is 7.98. The van der Waals surface area contributed by atoms with Crippen LogP contribution in [0, 0.1) is 0 Å². The third-order valence-corrected chi connectivity index (χ3v) is 12.0. The van der Waals surface area contributed by atoms with E-state index in [-0.39, 0.29) is 59.0 Å². The molecular formula is C33H36Cl2F4N8O2S. The molecule has 0 bridgehead atoms. The topological polar surface area (TPSA) is 106 Å². The van der Waals surface area contributed by atoms with Crippen LogP contribution in [-0.4, -0.2) is 81.3 Å². The van der Waals surface area contributed by atoms with E-state index in [9.17, 15) is 22.4 Å². The fraction of sp³-hybridized carbons (Fsp3) is 0.515. The Hall–Kier alpha value is -3.27. The molecule has 2 N–H and O–H groups in total. The second-order valence-corrected chi connectivity index (χ2v) is 15.5.